The van der Waals surface area contributed by atoms with Crippen LogP contribution in [-0.4, -0.2) is 12.9 Å². The molecule has 0 fully saturated rings. The lowest BCUT2D eigenvalue weighted by molar-refractivity contribution is 1.53. The van der Waals surface area contributed by atoms with Crippen LogP contribution in [0.15, 0.2) is 33.4 Å². The molecule has 0 aromatic carbocycles. The van der Waals surface area contributed by atoms with Gasteiger partial charge >= 0.3 is 0 Å². The van der Waals surface area contributed by atoms with Crippen LogP contribution in [0.4, 0.5) is 11.4 Å². The summed E-state index contributed by atoms with van der Waals surface area (Å²) >= 11 is 1.56. The van der Waals surface area contributed by atoms with Crippen LogP contribution in [0.25, 0.3) is 0 Å². The van der Waals surface area contributed by atoms with Crippen molar-refractivity contribution in [2.75, 3.05) is 0 Å². The summed E-state index contributed by atoms with van der Waals surface area (Å²) in [5.41, 5.74) is 1.68. The van der Waals surface area contributed by atoms with Gasteiger partial charge < -0.3 is 0 Å². The van der Waals surface area contributed by atoms with Crippen LogP contribution >= 0.6 is 11.3 Å². The number of thiophene rings is 1. The molecule has 2 nitrogen and oxygen atoms in total. The number of aliphatic imine (C=N–C) groups is 2. The molecule has 0 bridgehead atoms. The molecule has 0 saturated heterocycles. The van der Waals surface area contributed by atoms with Crippen molar-refractivity contribution in [2.45, 2.75) is 0 Å². The largest absolute Gasteiger partial charge is 0.262 e. The average molecular weight is 164 g/mol. The van der Waals surface area contributed by atoms with Gasteiger partial charge in [-0.05, 0) is 6.72 Å². The number of nitrogens with zero attached hydrogens (tertiary/aromatic N) is 2. The predicted molar refractivity (Wildman–Crippen MR) is 51.9 cm³/mol. The molecule has 0 aliphatic rings. The van der Waals surface area contributed by atoms with Gasteiger partial charge in [0, 0.05) is 17.0 Å². The first-order valence-electron chi connectivity index (χ1n) is 3.06. The first-order chi connectivity index (χ1) is 5.38. The van der Waals surface area contributed by atoms with Crippen molar-refractivity contribution < 1.29 is 0 Å². The fourth-order valence-corrected chi connectivity index (χ4v) is 1.33. The van der Waals surface area contributed by atoms with E-state index in [-0.39, 0.29) is 0 Å². The number of rotatable bonds is 3. The third-order valence-corrected chi connectivity index (χ3v) is 1.83. The highest BCUT2D eigenvalue weighted by atomic mass is 32.1. The lowest BCUT2D eigenvalue weighted by atomic mass is 10.4. The predicted octanol–water partition coefficient (Wildman–Crippen LogP) is 2.97. The molecule has 0 spiro atoms. The Kier molecular flexibility index (Phi) is 2.74. The van der Waals surface area contributed by atoms with Crippen molar-refractivity contribution in [3.05, 3.63) is 23.4 Å². The molecular weight excluding hydrogens is 156 g/mol. The van der Waals surface area contributed by atoms with Crippen LogP contribution in [0.2, 0.25) is 0 Å². The minimum atomic E-state index is 0.827. The standard InChI is InChI=1S/C8H8N2S/c1-3-4-10-8-6-11-5-7(8)9-2/h3-6H,1-2H2. The van der Waals surface area contributed by atoms with E-state index in [1.165, 1.54) is 0 Å². The monoisotopic (exact) mass is 164 g/mol. The lowest BCUT2D eigenvalue weighted by Crippen LogP contribution is -1.60. The molecule has 1 aromatic rings. The van der Waals surface area contributed by atoms with Crippen LogP contribution in [0.3, 0.4) is 0 Å². The van der Waals surface area contributed by atoms with Crippen molar-refractivity contribution in [3.8, 4) is 0 Å². The molecule has 0 radical (unpaired) electrons. The van der Waals surface area contributed by atoms with Crippen LogP contribution in [-0.2, 0) is 0 Å². The normalized spacial score (nSPS) is 10.2. The van der Waals surface area contributed by atoms with Gasteiger partial charge in [0.25, 0.3) is 0 Å². The van der Waals surface area contributed by atoms with Crippen molar-refractivity contribution in [2.24, 2.45) is 9.98 Å². The summed E-state index contributed by atoms with van der Waals surface area (Å²) in [5.74, 6) is 0. The molecule has 1 rings (SSSR count). The molecule has 1 aromatic heterocycles. The third kappa shape index (κ3) is 1.85. The van der Waals surface area contributed by atoms with E-state index in [0.29, 0.717) is 0 Å². The van der Waals surface area contributed by atoms with E-state index in [1.54, 1.807) is 23.6 Å². The molecule has 1 heterocycles. The zero-order valence-corrected chi connectivity index (χ0v) is 6.84. The van der Waals surface area contributed by atoms with Gasteiger partial charge in [-0.3, -0.25) is 9.98 Å². The molecule has 0 unspecified atom stereocenters. The highest BCUT2D eigenvalue weighted by molar-refractivity contribution is 7.08. The van der Waals surface area contributed by atoms with E-state index in [2.05, 4.69) is 23.3 Å². The molecule has 0 amide bonds. The smallest absolute Gasteiger partial charge is 0.0992 e. The molecule has 0 atom stereocenters. The lowest BCUT2D eigenvalue weighted by Gasteiger charge is -1.86. The van der Waals surface area contributed by atoms with Gasteiger partial charge in [0.15, 0.2) is 0 Å². The van der Waals surface area contributed by atoms with Crippen molar-refractivity contribution in [1.29, 1.82) is 0 Å². The molecule has 0 saturated carbocycles. The summed E-state index contributed by atoms with van der Waals surface area (Å²) in [6.45, 7) is 6.95. The molecule has 0 aliphatic carbocycles. The summed E-state index contributed by atoms with van der Waals surface area (Å²) in [5, 5.41) is 3.83. The van der Waals surface area contributed by atoms with Crippen LogP contribution in [0, 0.1) is 0 Å². The second-order valence-corrected chi connectivity index (χ2v) is 2.56. The molecule has 0 aliphatic heterocycles. The van der Waals surface area contributed by atoms with E-state index in [9.17, 15) is 0 Å². The Hall–Kier alpha value is -1.22. The molecule has 11 heavy (non-hydrogen) atoms. The second-order valence-electron chi connectivity index (χ2n) is 1.81. The van der Waals surface area contributed by atoms with E-state index in [0.717, 1.165) is 11.4 Å². The Bertz CT molecular complexity index is 286. The second kappa shape index (κ2) is 3.83. The Morgan fingerprint density at radius 1 is 1.36 bits per heavy atom. The van der Waals surface area contributed by atoms with Crippen LogP contribution in [0.5, 0.6) is 0 Å². The van der Waals surface area contributed by atoms with Gasteiger partial charge in [0.1, 0.15) is 0 Å². The maximum Gasteiger partial charge on any atom is 0.0992 e. The van der Waals surface area contributed by atoms with Gasteiger partial charge in [-0.25, -0.2) is 0 Å². The fraction of sp³-hybridized carbons (Fsp3) is 0. The van der Waals surface area contributed by atoms with Crippen LogP contribution in [0.1, 0.15) is 0 Å². The maximum absolute atomic E-state index is 4.09. The van der Waals surface area contributed by atoms with E-state index < -0.39 is 0 Å². The Morgan fingerprint density at radius 3 is 2.73 bits per heavy atom. The average Bonchev–Trinajstić information content (AvgIpc) is 2.47. The summed E-state index contributed by atoms with van der Waals surface area (Å²) < 4.78 is 0. The van der Waals surface area contributed by atoms with Crippen molar-refractivity contribution in [3.63, 3.8) is 0 Å². The van der Waals surface area contributed by atoms with E-state index in [1.807, 2.05) is 10.8 Å². The molecule has 56 valence electrons. The van der Waals surface area contributed by atoms with Gasteiger partial charge in [0.2, 0.25) is 0 Å². The first kappa shape index (κ1) is 7.88. The van der Waals surface area contributed by atoms with Gasteiger partial charge in [-0.2, -0.15) is 0 Å². The maximum atomic E-state index is 4.09. The van der Waals surface area contributed by atoms with E-state index >= 15 is 0 Å². The third-order valence-electron chi connectivity index (χ3n) is 1.11. The first-order valence-corrected chi connectivity index (χ1v) is 4.00. The number of hydrogen-bond acceptors (Lipinski definition) is 3. The summed E-state index contributed by atoms with van der Waals surface area (Å²) in [4.78, 5) is 7.88. The Labute approximate surface area is 69.6 Å². The Balaban J connectivity index is 2.92. The minimum Gasteiger partial charge on any atom is -0.262 e. The van der Waals surface area contributed by atoms with Crippen molar-refractivity contribution in [1.82, 2.24) is 0 Å². The molecular formula is C8H8N2S. The van der Waals surface area contributed by atoms with Crippen molar-refractivity contribution >= 4 is 35.6 Å². The molecule has 0 N–H and O–H groups in total. The number of hydrogen-bond donors (Lipinski definition) is 0. The summed E-state index contributed by atoms with van der Waals surface area (Å²) in [7, 11) is 0. The molecule has 3 heteroatoms. The SMILES string of the molecule is C=CC=Nc1cscc1N=C. The van der Waals surface area contributed by atoms with Gasteiger partial charge in [-0.1, -0.05) is 12.7 Å². The highest BCUT2D eigenvalue weighted by Crippen LogP contribution is 2.30. The van der Waals surface area contributed by atoms with Gasteiger partial charge in [-0.15, -0.1) is 11.3 Å². The quantitative estimate of drug-likeness (QED) is 0.613. The van der Waals surface area contributed by atoms with Crippen LogP contribution < -0.4 is 0 Å². The zero-order chi connectivity index (χ0) is 8.10. The summed E-state index contributed by atoms with van der Waals surface area (Å²) in [6, 6.07) is 0. The minimum absolute atomic E-state index is 0.827. The van der Waals surface area contributed by atoms with E-state index in [4.69, 9.17) is 0 Å². The Morgan fingerprint density at radius 2 is 2.09 bits per heavy atom. The topological polar surface area (TPSA) is 24.7 Å². The zero-order valence-electron chi connectivity index (χ0n) is 6.03. The fourth-order valence-electron chi connectivity index (χ4n) is 0.632. The summed E-state index contributed by atoms with van der Waals surface area (Å²) in [6.07, 6.45) is 3.27. The number of allylic oxidation sites excluding steroid dienone is 1. The van der Waals surface area contributed by atoms with Gasteiger partial charge in [0.05, 0.1) is 11.4 Å². The highest BCUT2D eigenvalue weighted by Gasteiger charge is 1.96.